The number of aryl methyl sites for hydroxylation is 1. The number of hydrogen-bond acceptors (Lipinski definition) is 7. The Morgan fingerprint density at radius 3 is 2.82 bits per heavy atom. The minimum atomic E-state index is 0.345. The third-order valence-electron chi connectivity index (χ3n) is 7.36. The summed E-state index contributed by atoms with van der Waals surface area (Å²) >= 11 is 1.56. The molecule has 1 saturated carbocycles. The van der Waals surface area contributed by atoms with Crippen LogP contribution in [-0.2, 0) is 13.5 Å². The molecule has 0 amide bonds. The Kier molecular flexibility index (Phi) is 4.02. The topological polar surface area (TPSA) is 97.8 Å². The molecule has 1 aliphatic heterocycles. The maximum atomic E-state index is 6.34. The lowest BCUT2D eigenvalue weighted by Crippen LogP contribution is -2.29. The highest BCUT2D eigenvalue weighted by Crippen LogP contribution is 2.50. The van der Waals surface area contributed by atoms with Crippen LogP contribution in [0.4, 0.5) is 11.5 Å². The molecule has 0 bridgehead atoms. The lowest BCUT2D eigenvalue weighted by Gasteiger charge is -2.23. The Morgan fingerprint density at radius 1 is 1.12 bits per heavy atom. The first-order chi connectivity index (χ1) is 16.1. The summed E-state index contributed by atoms with van der Waals surface area (Å²) in [7, 11) is 2.04. The summed E-state index contributed by atoms with van der Waals surface area (Å²) in [5.74, 6) is 2.18. The Labute approximate surface area is 195 Å². The third-order valence-corrected chi connectivity index (χ3v) is 8.18. The van der Waals surface area contributed by atoms with Crippen molar-refractivity contribution in [3.05, 3.63) is 60.0 Å². The van der Waals surface area contributed by atoms with Crippen LogP contribution >= 0.6 is 11.8 Å². The largest absolute Gasteiger partial charge is 0.398 e. The molecule has 3 aliphatic rings. The molecule has 2 unspecified atom stereocenters. The summed E-state index contributed by atoms with van der Waals surface area (Å²) in [5, 5.41) is 0.750. The Balaban J connectivity index is 1.32. The van der Waals surface area contributed by atoms with E-state index in [0.717, 1.165) is 68.9 Å². The standard InChI is InChI=1S/C25H24N7S/c1-31-7-3-6-19-21(31)8-13(10-28-19)33-25-29-20-9-15-14(4-2-5-18(15)26)22(20)24(30-25)32-11-16-17(12-32)23(16)27/h2-8,10,16-17,23H,9,11-12,26-27H2,1H3/q+1. The highest BCUT2D eigenvalue weighted by atomic mass is 32.2. The van der Waals surface area contributed by atoms with Gasteiger partial charge in [-0.25, -0.2) is 15.0 Å². The summed E-state index contributed by atoms with van der Waals surface area (Å²) < 4.78 is 2.08. The van der Waals surface area contributed by atoms with Gasteiger partial charge in [0.25, 0.3) is 0 Å². The molecule has 2 aliphatic carbocycles. The van der Waals surface area contributed by atoms with E-state index in [1.165, 1.54) is 5.56 Å². The molecule has 164 valence electrons. The summed E-state index contributed by atoms with van der Waals surface area (Å²) in [6.45, 7) is 1.93. The van der Waals surface area contributed by atoms with E-state index in [1.54, 1.807) is 11.8 Å². The minimum absolute atomic E-state index is 0.345. The number of nitrogens with two attached hydrogens (primary N) is 2. The number of nitrogens with zero attached hydrogens (tertiary/aromatic N) is 5. The van der Waals surface area contributed by atoms with Gasteiger partial charge in [-0.3, -0.25) is 0 Å². The lowest BCUT2D eigenvalue weighted by molar-refractivity contribution is -0.645. The second kappa shape index (κ2) is 6.88. The van der Waals surface area contributed by atoms with Crippen LogP contribution in [0, 0.1) is 11.8 Å². The molecule has 2 fully saturated rings. The SMILES string of the molecule is C[n+]1cccc2ncc(Sc3nc4c(c(N5CC6C(N)C6C5)n3)-c3cccc(N)c3C4)cc21. The van der Waals surface area contributed by atoms with E-state index < -0.39 is 0 Å². The van der Waals surface area contributed by atoms with Crippen LogP contribution in [0.2, 0.25) is 0 Å². The zero-order chi connectivity index (χ0) is 22.3. The van der Waals surface area contributed by atoms with Gasteiger partial charge in [-0.1, -0.05) is 12.1 Å². The fraction of sp³-hybridized carbons (Fsp3) is 0.280. The lowest BCUT2D eigenvalue weighted by atomic mass is 10.1. The van der Waals surface area contributed by atoms with Crippen LogP contribution in [0.3, 0.4) is 0 Å². The van der Waals surface area contributed by atoms with Gasteiger partial charge in [0.2, 0.25) is 5.52 Å². The van der Waals surface area contributed by atoms with Gasteiger partial charge in [0.05, 0.1) is 5.69 Å². The van der Waals surface area contributed by atoms with Gasteiger partial charge in [-0.2, -0.15) is 4.57 Å². The molecule has 8 heteroatoms. The van der Waals surface area contributed by atoms with Gasteiger partial charge in [0, 0.05) is 60.0 Å². The summed E-state index contributed by atoms with van der Waals surface area (Å²) in [4.78, 5) is 18.2. The summed E-state index contributed by atoms with van der Waals surface area (Å²) in [6, 6.07) is 12.7. The first-order valence-corrected chi connectivity index (χ1v) is 12.1. The molecule has 1 aromatic carbocycles. The number of hydrogen-bond donors (Lipinski definition) is 2. The Morgan fingerprint density at radius 2 is 1.97 bits per heavy atom. The molecule has 0 spiro atoms. The molecule has 4 aromatic rings. The third kappa shape index (κ3) is 2.94. The highest BCUT2D eigenvalue weighted by Gasteiger charge is 2.54. The molecular formula is C25H24N7S+. The second-order valence-electron chi connectivity index (χ2n) is 9.31. The van der Waals surface area contributed by atoms with Crippen molar-refractivity contribution in [1.82, 2.24) is 15.0 Å². The molecule has 1 saturated heterocycles. The molecule has 33 heavy (non-hydrogen) atoms. The van der Waals surface area contributed by atoms with Crippen LogP contribution in [0.1, 0.15) is 11.3 Å². The van der Waals surface area contributed by atoms with Crippen molar-refractivity contribution in [2.24, 2.45) is 24.6 Å². The van der Waals surface area contributed by atoms with Gasteiger partial charge in [-0.15, -0.1) is 0 Å². The van der Waals surface area contributed by atoms with Crippen molar-refractivity contribution in [1.29, 1.82) is 0 Å². The quantitative estimate of drug-likeness (QED) is 0.246. The molecule has 0 radical (unpaired) electrons. The fourth-order valence-corrected chi connectivity index (χ4v) is 6.23. The van der Waals surface area contributed by atoms with Gasteiger partial charge < -0.3 is 16.4 Å². The number of pyridine rings is 2. The number of piperidine rings is 1. The molecule has 7 nitrogen and oxygen atoms in total. The number of benzene rings is 1. The van der Waals surface area contributed by atoms with E-state index in [0.29, 0.717) is 17.9 Å². The van der Waals surface area contributed by atoms with Crippen molar-refractivity contribution < 1.29 is 4.57 Å². The van der Waals surface area contributed by atoms with E-state index in [2.05, 4.69) is 26.6 Å². The zero-order valence-electron chi connectivity index (χ0n) is 18.3. The molecule has 4 N–H and O–H groups in total. The van der Waals surface area contributed by atoms with Gasteiger partial charge in [0.1, 0.15) is 18.4 Å². The number of aromatic nitrogens is 4. The van der Waals surface area contributed by atoms with Gasteiger partial charge in [-0.05, 0) is 46.9 Å². The fourth-order valence-electron chi connectivity index (χ4n) is 5.46. The molecular weight excluding hydrogens is 430 g/mol. The number of nitrogen functional groups attached to an aromatic ring is 1. The second-order valence-corrected chi connectivity index (χ2v) is 10.3. The molecule has 7 rings (SSSR count). The number of fused-ring (bicyclic) bond motifs is 5. The van der Waals surface area contributed by atoms with Crippen LogP contribution < -0.4 is 20.9 Å². The predicted molar refractivity (Wildman–Crippen MR) is 129 cm³/mol. The van der Waals surface area contributed by atoms with Crippen molar-refractivity contribution in [3.63, 3.8) is 0 Å². The zero-order valence-corrected chi connectivity index (χ0v) is 19.1. The van der Waals surface area contributed by atoms with Crippen LogP contribution in [-0.4, -0.2) is 34.1 Å². The summed E-state index contributed by atoms with van der Waals surface area (Å²) in [6.07, 6.45) is 4.68. The van der Waals surface area contributed by atoms with E-state index in [1.807, 2.05) is 43.7 Å². The van der Waals surface area contributed by atoms with E-state index in [9.17, 15) is 0 Å². The van der Waals surface area contributed by atoms with Crippen molar-refractivity contribution in [2.45, 2.75) is 22.5 Å². The van der Waals surface area contributed by atoms with Gasteiger partial charge in [0.15, 0.2) is 11.4 Å². The van der Waals surface area contributed by atoms with Crippen molar-refractivity contribution in [2.75, 3.05) is 23.7 Å². The summed E-state index contributed by atoms with van der Waals surface area (Å²) in [5.41, 5.74) is 20.0. The number of rotatable bonds is 3. The maximum absolute atomic E-state index is 6.34. The highest BCUT2D eigenvalue weighted by molar-refractivity contribution is 7.99. The van der Waals surface area contributed by atoms with Gasteiger partial charge >= 0.3 is 0 Å². The molecule has 2 atom stereocenters. The average molecular weight is 455 g/mol. The van der Waals surface area contributed by atoms with Crippen molar-refractivity contribution >= 4 is 34.3 Å². The predicted octanol–water partition coefficient (Wildman–Crippen LogP) is 2.55. The molecule has 4 heterocycles. The van der Waals surface area contributed by atoms with E-state index in [-0.39, 0.29) is 0 Å². The molecule has 3 aromatic heterocycles. The normalized spacial score (nSPS) is 22.4. The Hall–Kier alpha value is -3.23. The van der Waals surface area contributed by atoms with Crippen molar-refractivity contribution in [3.8, 4) is 11.1 Å². The van der Waals surface area contributed by atoms with Crippen LogP contribution in [0.25, 0.3) is 22.2 Å². The number of anilines is 2. The van der Waals surface area contributed by atoms with Crippen LogP contribution in [0.5, 0.6) is 0 Å². The maximum Gasteiger partial charge on any atom is 0.232 e. The smallest absolute Gasteiger partial charge is 0.232 e. The average Bonchev–Trinajstić information content (AvgIpc) is 3.17. The monoisotopic (exact) mass is 454 g/mol. The minimum Gasteiger partial charge on any atom is -0.398 e. The van der Waals surface area contributed by atoms with Crippen LogP contribution in [0.15, 0.2) is 58.8 Å². The van der Waals surface area contributed by atoms with E-state index >= 15 is 0 Å². The Bertz CT molecular complexity index is 1440. The first-order valence-electron chi connectivity index (χ1n) is 11.3. The van der Waals surface area contributed by atoms with E-state index in [4.69, 9.17) is 21.4 Å². The first kappa shape index (κ1) is 19.3.